The maximum atomic E-state index is 12.9. The van der Waals surface area contributed by atoms with Gasteiger partial charge < -0.3 is 18.9 Å². The van der Waals surface area contributed by atoms with E-state index in [1.165, 1.54) is 263 Å². The lowest BCUT2D eigenvalue weighted by atomic mass is 10.0. The molecule has 0 saturated heterocycles. The van der Waals surface area contributed by atoms with Gasteiger partial charge in [0.15, 0.2) is 6.10 Å². The van der Waals surface area contributed by atoms with E-state index in [0.717, 1.165) is 64.2 Å². The van der Waals surface area contributed by atoms with Gasteiger partial charge in [0.2, 0.25) is 0 Å². The summed E-state index contributed by atoms with van der Waals surface area (Å²) >= 11 is 0. The summed E-state index contributed by atoms with van der Waals surface area (Å²) in [7, 11) is 1.49. The Labute approximate surface area is 534 Å². The SMILES string of the molecule is CC/C=C\C/C=C\C/C=C\C/C=C\CCCCCCCCCCCCCCC(=O)OC(COC(=O)CCCCCCCCCCCCCCCCCCCCCCCCCCC/C=C\CCCCCCCCCC)COP(=O)(O)OCC[N+](C)(C)C. The molecule has 0 aromatic rings. The number of likely N-dealkylation sites (N-methyl/N-ethyl adjacent to an activating group) is 1. The van der Waals surface area contributed by atoms with Crippen LogP contribution in [-0.2, 0) is 32.7 Å². The number of esters is 2. The number of ether oxygens (including phenoxy) is 2. The first kappa shape index (κ1) is 83.7. The average molecular weight is 1230 g/mol. The normalized spacial score (nSPS) is 13.4. The number of rotatable bonds is 69. The van der Waals surface area contributed by atoms with E-state index in [1.54, 1.807) is 0 Å². The zero-order valence-electron chi connectivity index (χ0n) is 57.6. The molecule has 10 heteroatoms. The quantitative estimate of drug-likeness (QED) is 0.0211. The fourth-order valence-electron chi connectivity index (χ4n) is 10.9. The standard InChI is InChI=1S/C76H142NO8P/c1-6-8-10-12-14-16-18-20-22-24-26-28-30-32-33-34-35-36-37-38-39-40-41-42-43-45-46-48-50-52-54-56-58-60-62-64-66-68-75(78)82-72-74(73-84-86(80,81)83-71-70-77(3,4)5)85-76(79)69-67-65-63-61-59-57-55-53-51-49-47-44-31-29-27-25-23-21-19-17-15-13-11-9-7-2/h9,11,15,17,21,23-24,26-27,29,74H,6-8,10,12-14,16,18-20,22,25,28,30-73H2,1-5H3/p+1/b11-9-,17-15-,23-21-,26-24-,29-27-. The zero-order chi connectivity index (χ0) is 62.6. The number of unbranched alkanes of at least 4 members (excludes halogenated alkanes) is 45. The number of allylic oxidation sites excluding steroid dienone is 10. The Morgan fingerprint density at radius 1 is 0.372 bits per heavy atom. The first-order valence-corrected chi connectivity index (χ1v) is 38.5. The second-order valence-corrected chi connectivity index (χ2v) is 27.8. The van der Waals surface area contributed by atoms with E-state index in [4.69, 9.17) is 18.5 Å². The van der Waals surface area contributed by atoms with E-state index < -0.39 is 26.5 Å². The third-order valence-corrected chi connectivity index (χ3v) is 17.5. The molecule has 0 heterocycles. The molecule has 0 aliphatic carbocycles. The van der Waals surface area contributed by atoms with Crippen molar-refractivity contribution < 1.29 is 42.1 Å². The number of carbonyl (C=O) groups is 2. The van der Waals surface area contributed by atoms with Gasteiger partial charge in [-0.2, -0.15) is 0 Å². The van der Waals surface area contributed by atoms with Gasteiger partial charge in [0.1, 0.15) is 19.8 Å². The number of hydrogen-bond acceptors (Lipinski definition) is 7. The van der Waals surface area contributed by atoms with E-state index in [1.807, 2.05) is 21.1 Å². The Bertz CT molecular complexity index is 1630. The summed E-state index contributed by atoms with van der Waals surface area (Å²) in [5, 5.41) is 0. The lowest BCUT2D eigenvalue weighted by Crippen LogP contribution is -2.37. The maximum absolute atomic E-state index is 12.9. The molecule has 2 unspecified atom stereocenters. The molecule has 0 rings (SSSR count). The molecule has 1 N–H and O–H groups in total. The number of phosphoric ester groups is 1. The van der Waals surface area contributed by atoms with Gasteiger partial charge in [-0.25, -0.2) is 4.57 Å². The molecule has 0 aliphatic heterocycles. The maximum Gasteiger partial charge on any atom is 0.472 e. The van der Waals surface area contributed by atoms with Crippen LogP contribution in [0.3, 0.4) is 0 Å². The average Bonchev–Trinajstić information content (AvgIpc) is 3.70. The minimum Gasteiger partial charge on any atom is -0.462 e. The molecular formula is C76H143NO8P+. The summed E-state index contributed by atoms with van der Waals surface area (Å²) in [5.74, 6) is -0.784. The topological polar surface area (TPSA) is 108 Å². The van der Waals surface area contributed by atoms with Crippen LogP contribution >= 0.6 is 7.82 Å². The van der Waals surface area contributed by atoms with Crippen molar-refractivity contribution in [1.29, 1.82) is 0 Å². The molecule has 0 bridgehead atoms. The monoisotopic (exact) mass is 1230 g/mol. The Morgan fingerprint density at radius 3 is 1.00 bits per heavy atom. The van der Waals surface area contributed by atoms with Gasteiger partial charge in [0, 0.05) is 12.8 Å². The molecule has 9 nitrogen and oxygen atoms in total. The predicted octanol–water partition coefficient (Wildman–Crippen LogP) is 24.2. The molecule has 86 heavy (non-hydrogen) atoms. The largest absolute Gasteiger partial charge is 0.472 e. The molecule has 0 aromatic heterocycles. The molecular weight excluding hydrogens is 1090 g/mol. The summed E-state index contributed by atoms with van der Waals surface area (Å²) in [5.41, 5.74) is 0. The summed E-state index contributed by atoms with van der Waals surface area (Å²) < 4.78 is 34.8. The van der Waals surface area contributed by atoms with Crippen molar-refractivity contribution in [1.82, 2.24) is 0 Å². The first-order valence-electron chi connectivity index (χ1n) is 37.0. The smallest absolute Gasteiger partial charge is 0.462 e. The Hall–Kier alpha value is -2.29. The predicted molar refractivity (Wildman–Crippen MR) is 372 cm³/mol. The third kappa shape index (κ3) is 70.8. The second-order valence-electron chi connectivity index (χ2n) is 26.3. The fraction of sp³-hybridized carbons (Fsp3) is 0.842. The van der Waals surface area contributed by atoms with Crippen molar-refractivity contribution in [2.24, 2.45) is 0 Å². The molecule has 2 atom stereocenters. The third-order valence-electron chi connectivity index (χ3n) is 16.5. The van der Waals surface area contributed by atoms with Gasteiger partial charge in [-0.3, -0.25) is 18.6 Å². The van der Waals surface area contributed by atoms with Crippen LogP contribution in [0.5, 0.6) is 0 Å². The molecule has 0 aliphatic rings. The highest BCUT2D eigenvalue weighted by Crippen LogP contribution is 2.43. The van der Waals surface area contributed by atoms with E-state index in [-0.39, 0.29) is 25.6 Å². The number of carbonyl (C=O) groups excluding carboxylic acids is 2. The fourth-order valence-corrected chi connectivity index (χ4v) is 11.6. The highest BCUT2D eigenvalue weighted by Gasteiger charge is 2.27. The van der Waals surface area contributed by atoms with Crippen LogP contribution in [0.4, 0.5) is 0 Å². The van der Waals surface area contributed by atoms with Gasteiger partial charge in [0.25, 0.3) is 0 Å². The van der Waals surface area contributed by atoms with Gasteiger partial charge >= 0.3 is 19.8 Å². The summed E-state index contributed by atoms with van der Waals surface area (Å²) in [6, 6.07) is 0. The van der Waals surface area contributed by atoms with Gasteiger partial charge in [0.05, 0.1) is 27.7 Å². The van der Waals surface area contributed by atoms with Crippen LogP contribution in [0, 0.1) is 0 Å². The van der Waals surface area contributed by atoms with E-state index in [0.29, 0.717) is 23.9 Å². The molecule has 504 valence electrons. The van der Waals surface area contributed by atoms with Gasteiger partial charge in [-0.1, -0.05) is 331 Å². The van der Waals surface area contributed by atoms with E-state index in [2.05, 4.69) is 74.6 Å². The lowest BCUT2D eigenvalue weighted by molar-refractivity contribution is -0.870. The van der Waals surface area contributed by atoms with Crippen molar-refractivity contribution in [3.63, 3.8) is 0 Å². The molecule has 0 amide bonds. The zero-order valence-corrected chi connectivity index (χ0v) is 58.5. The molecule has 0 radical (unpaired) electrons. The molecule has 0 spiro atoms. The van der Waals surface area contributed by atoms with Crippen LogP contribution in [0.15, 0.2) is 60.8 Å². The Balaban J connectivity index is 3.93. The minimum atomic E-state index is -4.39. The summed E-state index contributed by atoms with van der Waals surface area (Å²) in [6.45, 7) is 4.37. The number of quaternary nitrogens is 1. The number of nitrogens with zero attached hydrogens (tertiary/aromatic N) is 1. The second kappa shape index (κ2) is 67.1. The van der Waals surface area contributed by atoms with Crippen molar-refractivity contribution >= 4 is 19.8 Å². The van der Waals surface area contributed by atoms with Crippen molar-refractivity contribution in [3.05, 3.63) is 60.8 Å². The van der Waals surface area contributed by atoms with Crippen LogP contribution in [-0.4, -0.2) is 74.9 Å². The molecule has 0 aromatic carbocycles. The van der Waals surface area contributed by atoms with Gasteiger partial charge in [-0.15, -0.1) is 0 Å². The van der Waals surface area contributed by atoms with Crippen LogP contribution in [0.1, 0.15) is 361 Å². The van der Waals surface area contributed by atoms with Gasteiger partial charge in [-0.05, 0) is 77.0 Å². The molecule has 0 saturated carbocycles. The summed E-state index contributed by atoms with van der Waals surface area (Å²) in [4.78, 5) is 35.9. The number of hydrogen-bond donors (Lipinski definition) is 1. The minimum absolute atomic E-state index is 0.0317. The van der Waals surface area contributed by atoms with Crippen molar-refractivity contribution in [2.75, 3.05) is 47.5 Å². The molecule has 0 fully saturated rings. The summed E-state index contributed by atoms with van der Waals surface area (Å²) in [6.07, 6.45) is 89.2. The Morgan fingerprint density at radius 2 is 0.663 bits per heavy atom. The van der Waals surface area contributed by atoms with Crippen molar-refractivity contribution in [2.45, 2.75) is 367 Å². The van der Waals surface area contributed by atoms with E-state index >= 15 is 0 Å². The van der Waals surface area contributed by atoms with Crippen LogP contribution < -0.4 is 0 Å². The number of phosphoric acid groups is 1. The Kier molecular flexibility index (Phi) is 65.3. The van der Waals surface area contributed by atoms with Crippen LogP contribution in [0.2, 0.25) is 0 Å². The highest BCUT2D eigenvalue weighted by molar-refractivity contribution is 7.47. The first-order chi connectivity index (χ1) is 42.0. The van der Waals surface area contributed by atoms with Crippen LogP contribution in [0.25, 0.3) is 0 Å². The lowest BCUT2D eigenvalue weighted by Gasteiger charge is -2.24. The van der Waals surface area contributed by atoms with E-state index in [9.17, 15) is 19.0 Å². The van der Waals surface area contributed by atoms with Crippen molar-refractivity contribution in [3.8, 4) is 0 Å². The highest BCUT2D eigenvalue weighted by atomic mass is 31.2.